The molecule has 0 heterocycles. The third-order valence-electron chi connectivity index (χ3n) is 0.607. The Bertz CT molecular complexity index is 162. The molecule has 0 unspecified atom stereocenters. The first-order valence-electron chi connectivity index (χ1n) is 6.30. The van der Waals surface area contributed by atoms with Gasteiger partial charge in [-0.2, -0.15) is 42.3 Å². The van der Waals surface area contributed by atoms with Crippen LogP contribution in [0.1, 0.15) is 41.5 Å². The molecule has 3 heteroatoms. The van der Waals surface area contributed by atoms with E-state index in [-0.39, 0.29) is 33.9 Å². The summed E-state index contributed by atoms with van der Waals surface area (Å²) in [5.41, 5.74) is 0. The van der Waals surface area contributed by atoms with E-state index in [1.54, 1.807) is 27.7 Å². The summed E-state index contributed by atoms with van der Waals surface area (Å²) in [5, 5.41) is 16.1. The molecule has 0 spiro atoms. The second kappa shape index (κ2) is 23.0. The molecule has 0 aliphatic carbocycles. The summed E-state index contributed by atoms with van der Waals surface area (Å²) in [5.74, 6) is 0.583. The van der Waals surface area contributed by atoms with Crippen LogP contribution in [0.4, 0.5) is 0 Å². The molecule has 0 amide bonds. The van der Waals surface area contributed by atoms with Gasteiger partial charge in [0.05, 0.1) is 0 Å². The molecule has 0 aliphatic rings. The molecule has 0 saturated carbocycles. The first kappa shape index (κ1) is 27.2. The third kappa shape index (κ3) is 131. The maximum absolute atomic E-state index is 8.06. The second-order valence-electron chi connectivity index (χ2n) is 4.66. The third-order valence-corrected chi connectivity index (χ3v) is 0.607. The molecule has 2 nitrogen and oxygen atoms in total. The Labute approximate surface area is 135 Å². The van der Waals surface area contributed by atoms with Crippen LogP contribution in [-0.2, 0) is 21.7 Å². The number of hydrogen-bond acceptors (Lipinski definition) is 2. The van der Waals surface area contributed by atoms with Crippen molar-refractivity contribution < 1.29 is 31.9 Å². The van der Waals surface area contributed by atoms with Gasteiger partial charge in [0.15, 0.2) is 0 Å². The first-order valence-corrected chi connectivity index (χ1v) is 6.30. The number of aliphatic hydroxyl groups is 2. The fourth-order valence-corrected chi connectivity index (χ4v) is 0.342. The van der Waals surface area contributed by atoms with E-state index in [0.717, 1.165) is 0 Å². The van der Waals surface area contributed by atoms with E-state index in [4.69, 9.17) is 10.2 Å². The van der Waals surface area contributed by atoms with Crippen LogP contribution in [0.2, 0.25) is 0 Å². The predicted octanol–water partition coefficient (Wildman–Crippen LogP) is 3.73. The van der Waals surface area contributed by atoms with Crippen LogP contribution in [-0.4, -0.2) is 22.4 Å². The Morgan fingerprint density at radius 1 is 0.789 bits per heavy atom. The van der Waals surface area contributed by atoms with Gasteiger partial charge in [-0.3, -0.25) is 0 Å². The van der Waals surface area contributed by atoms with E-state index in [1.807, 2.05) is 30.3 Å². The largest absolute Gasteiger partial charge is 2.00 e. The minimum absolute atomic E-state index is 0. The Morgan fingerprint density at radius 3 is 1.05 bits per heavy atom. The normalized spacial score (nSPS) is 8.21. The van der Waals surface area contributed by atoms with Gasteiger partial charge in [-0.05, 0) is 27.7 Å². The average Bonchev–Trinajstić information content (AvgIpc) is 2.17. The van der Waals surface area contributed by atoms with Crippen molar-refractivity contribution in [2.45, 2.75) is 53.8 Å². The van der Waals surface area contributed by atoms with Gasteiger partial charge in [0, 0.05) is 12.2 Å². The Kier molecular flexibility index (Phi) is 33.0. The number of benzene rings is 1. The van der Waals surface area contributed by atoms with Gasteiger partial charge in [-0.1, -0.05) is 13.8 Å². The minimum atomic E-state index is -0.167. The first-order chi connectivity index (χ1) is 8.20. The number of rotatable bonds is 0. The van der Waals surface area contributed by atoms with E-state index in [1.165, 1.54) is 0 Å². The van der Waals surface area contributed by atoms with Crippen molar-refractivity contribution in [2.24, 2.45) is 5.92 Å². The SMILES string of the molecule is CC(C)O.CC(C)O.[CH2-]C(C)C.[Ti+2].[c-]1ccccc1. The monoisotopic (exact) mass is 302 g/mol. The van der Waals surface area contributed by atoms with Crippen molar-refractivity contribution in [3.8, 4) is 0 Å². The van der Waals surface area contributed by atoms with Crippen LogP contribution in [0.3, 0.4) is 0 Å². The molecule has 1 aromatic rings. The van der Waals surface area contributed by atoms with Gasteiger partial charge < -0.3 is 17.1 Å². The summed E-state index contributed by atoms with van der Waals surface area (Å²) in [6.07, 6.45) is -0.333. The summed E-state index contributed by atoms with van der Waals surface area (Å²) in [7, 11) is 0. The molecule has 0 fully saturated rings. The molecule has 0 atom stereocenters. The summed E-state index contributed by atoms with van der Waals surface area (Å²) in [4.78, 5) is 0. The zero-order valence-electron chi connectivity index (χ0n) is 13.2. The van der Waals surface area contributed by atoms with Crippen molar-refractivity contribution in [3.05, 3.63) is 43.3 Å². The molecule has 1 rings (SSSR count). The summed E-state index contributed by atoms with van der Waals surface area (Å²) in [6.45, 7) is 14.6. The van der Waals surface area contributed by atoms with Gasteiger partial charge >= 0.3 is 21.7 Å². The maximum Gasteiger partial charge on any atom is 2.00 e. The molecule has 0 aliphatic heterocycles. The quantitative estimate of drug-likeness (QED) is 0.566. The molecule has 1 aromatic carbocycles. The molecule has 0 radical (unpaired) electrons. The molecular formula is C16H30O2Ti. The van der Waals surface area contributed by atoms with E-state index in [0.29, 0.717) is 5.92 Å². The Hall–Kier alpha value is -0.146. The predicted molar refractivity (Wildman–Crippen MR) is 80.2 cm³/mol. The zero-order chi connectivity index (χ0) is 15.0. The Morgan fingerprint density at radius 2 is 1.00 bits per heavy atom. The summed E-state index contributed by atoms with van der Waals surface area (Å²) < 4.78 is 0. The molecule has 0 aromatic heterocycles. The van der Waals surface area contributed by atoms with Crippen molar-refractivity contribution in [2.75, 3.05) is 0 Å². The van der Waals surface area contributed by atoms with Crippen LogP contribution in [0.25, 0.3) is 0 Å². The van der Waals surface area contributed by atoms with E-state index < -0.39 is 0 Å². The van der Waals surface area contributed by atoms with Crippen LogP contribution in [0, 0.1) is 18.9 Å². The summed E-state index contributed by atoms with van der Waals surface area (Å²) >= 11 is 0. The van der Waals surface area contributed by atoms with Crippen LogP contribution in [0.15, 0.2) is 30.3 Å². The number of hydrogen-bond donors (Lipinski definition) is 2. The van der Waals surface area contributed by atoms with Gasteiger partial charge in [-0.15, -0.1) is 0 Å². The fraction of sp³-hybridized carbons (Fsp3) is 0.562. The van der Waals surface area contributed by atoms with Crippen molar-refractivity contribution in [1.29, 1.82) is 0 Å². The van der Waals surface area contributed by atoms with Crippen LogP contribution in [0.5, 0.6) is 0 Å². The smallest absolute Gasteiger partial charge is 0.394 e. The molecule has 19 heavy (non-hydrogen) atoms. The fourth-order valence-electron chi connectivity index (χ4n) is 0.342. The standard InChI is InChI=1S/C6H5.C4H9.2C3H8O.Ti/c1-2-4-6-5-3-1;1-4(2)3;2*1-3(2)4;/h1-5H;4H,1H2,2-3H3;2*3-4H,1-2H3;/q2*-1;;;+2. The topological polar surface area (TPSA) is 40.5 Å². The second-order valence-corrected chi connectivity index (χ2v) is 4.66. The average molecular weight is 302 g/mol. The van der Waals surface area contributed by atoms with Crippen molar-refractivity contribution >= 4 is 0 Å². The van der Waals surface area contributed by atoms with E-state index >= 15 is 0 Å². The van der Waals surface area contributed by atoms with Gasteiger partial charge in [-0.25, -0.2) is 0 Å². The molecular weight excluding hydrogens is 272 g/mol. The van der Waals surface area contributed by atoms with Gasteiger partial charge in [0.1, 0.15) is 0 Å². The minimum Gasteiger partial charge on any atom is -0.394 e. The number of aliphatic hydroxyl groups excluding tert-OH is 2. The molecule has 110 valence electrons. The van der Waals surface area contributed by atoms with Gasteiger partial charge in [0.2, 0.25) is 0 Å². The van der Waals surface area contributed by atoms with E-state index in [9.17, 15) is 0 Å². The molecule has 0 saturated heterocycles. The van der Waals surface area contributed by atoms with Crippen LogP contribution >= 0.6 is 0 Å². The zero-order valence-corrected chi connectivity index (χ0v) is 14.8. The molecule has 0 bridgehead atoms. The van der Waals surface area contributed by atoms with Crippen molar-refractivity contribution in [1.82, 2.24) is 0 Å². The molecule has 2 N–H and O–H groups in total. The maximum atomic E-state index is 8.06. The summed E-state index contributed by atoms with van der Waals surface area (Å²) in [6, 6.07) is 12.5. The van der Waals surface area contributed by atoms with Crippen LogP contribution < -0.4 is 0 Å². The van der Waals surface area contributed by atoms with E-state index in [2.05, 4.69) is 26.8 Å². The Balaban J connectivity index is -0.0000000796. The van der Waals surface area contributed by atoms with Crippen molar-refractivity contribution in [3.63, 3.8) is 0 Å². The van der Waals surface area contributed by atoms with Gasteiger partial charge in [0.25, 0.3) is 0 Å².